The van der Waals surface area contributed by atoms with Gasteiger partial charge in [0.05, 0.1) is 12.8 Å². The van der Waals surface area contributed by atoms with Crippen LogP contribution in [0.1, 0.15) is 30.8 Å². The van der Waals surface area contributed by atoms with Gasteiger partial charge in [0.25, 0.3) is 0 Å². The van der Waals surface area contributed by atoms with E-state index in [-0.39, 0.29) is 0 Å². The van der Waals surface area contributed by atoms with Crippen molar-refractivity contribution >= 4 is 5.82 Å². The van der Waals surface area contributed by atoms with Crippen LogP contribution in [-0.4, -0.2) is 28.6 Å². The molecule has 0 atom stereocenters. The highest BCUT2D eigenvalue weighted by Gasteiger charge is 2.12. The van der Waals surface area contributed by atoms with E-state index >= 15 is 0 Å². The first-order valence-corrected chi connectivity index (χ1v) is 6.84. The molecular formula is C15H20N4O. The van der Waals surface area contributed by atoms with Crippen LogP contribution >= 0.6 is 0 Å². The molecule has 0 unspecified atom stereocenters. The Bertz CT molecular complexity index is 554. The van der Waals surface area contributed by atoms with E-state index < -0.39 is 0 Å². The second-order valence-corrected chi connectivity index (χ2v) is 4.42. The van der Waals surface area contributed by atoms with Crippen LogP contribution in [0, 0.1) is 0 Å². The maximum atomic E-state index is 5.43. The van der Waals surface area contributed by atoms with Gasteiger partial charge in [-0.1, -0.05) is 13.0 Å². The summed E-state index contributed by atoms with van der Waals surface area (Å²) in [6.07, 6.45) is 5.09. The van der Waals surface area contributed by atoms with E-state index in [9.17, 15) is 0 Å². The van der Waals surface area contributed by atoms with Crippen LogP contribution in [0.15, 0.2) is 24.7 Å². The molecule has 5 heteroatoms. The van der Waals surface area contributed by atoms with E-state index in [1.165, 1.54) is 5.56 Å². The number of hydrogen-bond donors (Lipinski definition) is 1. The van der Waals surface area contributed by atoms with Gasteiger partial charge in [-0.3, -0.25) is 4.98 Å². The Morgan fingerprint density at radius 3 is 2.60 bits per heavy atom. The van der Waals surface area contributed by atoms with Crippen molar-refractivity contribution in [3.05, 3.63) is 41.6 Å². The van der Waals surface area contributed by atoms with Crippen molar-refractivity contribution in [2.24, 2.45) is 0 Å². The first kappa shape index (κ1) is 14.2. The number of anilines is 1. The van der Waals surface area contributed by atoms with Crippen LogP contribution in [0.2, 0.25) is 0 Å². The lowest BCUT2D eigenvalue weighted by Crippen LogP contribution is -2.06. The molecule has 0 saturated carbocycles. The van der Waals surface area contributed by atoms with Gasteiger partial charge in [-0.2, -0.15) is 0 Å². The summed E-state index contributed by atoms with van der Waals surface area (Å²) < 4.78 is 5.43. The molecule has 0 saturated heterocycles. The molecule has 20 heavy (non-hydrogen) atoms. The fourth-order valence-corrected chi connectivity index (χ4v) is 1.98. The summed E-state index contributed by atoms with van der Waals surface area (Å²) in [6, 6.07) is 4.13. The Kier molecular flexibility index (Phi) is 4.87. The molecule has 0 amide bonds. The van der Waals surface area contributed by atoms with Gasteiger partial charge in [0.2, 0.25) is 0 Å². The Morgan fingerprint density at radius 2 is 2.00 bits per heavy atom. The lowest BCUT2D eigenvalue weighted by Gasteiger charge is -2.12. The van der Waals surface area contributed by atoms with Crippen LogP contribution in [0.25, 0.3) is 0 Å². The number of pyridine rings is 1. The summed E-state index contributed by atoms with van der Waals surface area (Å²) >= 11 is 0. The molecule has 5 nitrogen and oxygen atoms in total. The maximum Gasteiger partial charge on any atom is 0.183 e. The standard InChI is InChI=1S/C15H20N4O/c1-4-11-6-7-12(17-9-11)8-13-14(20-3)15(16-5-2)19-10-18-13/h6-7,9-10H,4-5,8H2,1-3H3,(H,16,18,19). The number of ether oxygens (including phenoxy) is 1. The molecule has 2 aromatic heterocycles. The highest BCUT2D eigenvalue weighted by atomic mass is 16.5. The molecular weight excluding hydrogens is 252 g/mol. The van der Waals surface area contributed by atoms with E-state index in [0.717, 1.165) is 30.2 Å². The molecule has 0 radical (unpaired) electrons. The van der Waals surface area contributed by atoms with Crippen LogP contribution in [0.4, 0.5) is 5.82 Å². The van der Waals surface area contributed by atoms with Crippen LogP contribution < -0.4 is 10.1 Å². The lowest BCUT2D eigenvalue weighted by molar-refractivity contribution is 0.407. The molecule has 0 aliphatic carbocycles. The summed E-state index contributed by atoms with van der Waals surface area (Å²) in [5, 5.41) is 3.17. The zero-order valence-electron chi connectivity index (χ0n) is 12.2. The minimum Gasteiger partial charge on any atom is -0.491 e. The Balaban J connectivity index is 2.25. The molecule has 2 aromatic rings. The van der Waals surface area contributed by atoms with E-state index in [1.807, 2.05) is 19.2 Å². The minimum absolute atomic E-state index is 0.633. The Labute approximate surface area is 119 Å². The average Bonchev–Trinajstić information content (AvgIpc) is 2.49. The Hall–Kier alpha value is -2.17. The minimum atomic E-state index is 0.633. The highest BCUT2D eigenvalue weighted by Crippen LogP contribution is 2.26. The van der Waals surface area contributed by atoms with Gasteiger partial charge in [-0.05, 0) is 25.0 Å². The van der Waals surface area contributed by atoms with Gasteiger partial charge < -0.3 is 10.1 Å². The molecule has 106 valence electrons. The quantitative estimate of drug-likeness (QED) is 0.875. The average molecular weight is 272 g/mol. The zero-order chi connectivity index (χ0) is 14.4. The fraction of sp³-hybridized carbons (Fsp3) is 0.400. The normalized spacial score (nSPS) is 10.3. The summed E-state index contributed by atoms with van der Waals surface area (Å²) in [7, 11) is 1.64. The second-order valence-electron chi connectivity index (χ2n) is 4.42. The third-order valence-electron chi connectivity index (χ3n) is 3.07. The molecule has 2 rings (SSSR count). The van der Waals surface area contributed by atoms with Crippen molar-refractivity contribution in [3.8, 4) is 5.75 Å². The van der Waals surface area contributed by atoms with Gasteiger partial charge in [-0.15, -0.1) is 0 Å². The van der Waals surface area contributed by atoms with E-state index in [2.05, 4.69) is 33.3 Å². The number of nitrogens with one attached hydrogen (secondary N) is 1. The van der Waals surface area contributed by atoms with Gasteiger partial charge in [0.15, 0.2) is 11.6 Å². The van der Waals surface area contributed by atoms with Gasteiger partial charge >= 0.3 is 0 Å². The van der Waals surface area contributed by atoms with Crippen LogP contribution in [0.5, 0.6) is 5.75 Å². The van der Waals surface area contributed by atoms with E-state index in [1.54, 1.807) is 13.4 Å². The first-order chi connectivity index (χ1) is 9.78. The SMILES string of the molecule is CCNc1ncnc(Cc2ccc(CC)cn2)c1OC. The Morgan fingerprint density at radius 1 is 1.15 bits per heavy atom. The summed E-state index contributed by atoms with van der Waals surface area (Å²) in [4.78, 5) is 13.0. The third kappa shape index (κ3) is 3.23. The maximum absolute atomic E-state index is 5.43. The van der Waals surface area contributed by atoms with Crippen molar-refractivity contribution in [1.82, 2.24) is 15.0 Å². The summed E-state index contributed by atoms with van der Waals surface area (Å²) in [5.74, 6) is 1.42. The molecule has 0 aliphatic heterocycles. The molecule has 0 fully saturated rings. The number of aromatic nitrogens is 3. The molecule has 0 aliphatic rings. The van der Waals surface area contributed by atoms with Crippen molar-refractivity contribution in [2.45, 2.75) is 26.7 Å². The number of rotatable bonds is 6. The molecule has 0 aromatic carbocycles. The van der Waals surface area contributed by atoms with Crippen molar-refractivity contribution in [2.75, 3.05) is 19.0 Å². The van der Waals surface area contributed by atoms with E-state index in [0.29, 0.717) is 12.2 Å². The predicted molar refractivity (Wildman–Crippen MR) is 79.2 cm³/mol. The number of hydrogen-bond acceptors (Lipinski definition) is 5. The molecule has 2 heterocycles. The first-order valence-electron chi connectivity index (χ1n) is 6.84. The summed E-state index contributed by atoms with van der Waals surface area (Å²) in [6.45, 7) is 4.93. The topological polar surface area (TPSA) is 59.9 Å². The number of aryl methyl sites for hydroxylation is 1. The van der Waals surface area contributed by atoms with Gasteiger partial charge in [0, 0.05) is 24.9 Å². The van der Waals surface area contributed by atoms with E-state index in [4.69, 9.17) is 4.74 Å². The van der Waals surface area contributed by atoms with Crippen LogP contribution in [-0.2, 0) is 12.8 Å². The number of methoxy groups -OCH3 is 1. The van der Waals surface area contributed by atoms with Crippen molar-refractivity contribution < 1.29 is 4.74 Å². The molecule has 0 bridgehead atoms. The monoisotopic (exact) mass is 272 g/mol. The third-order valence-corrected chi connectivity index (χ3v) is 3.07. The van der Waals surface area contributed by atoms with Gasteiger partial charge in [0.1, 0.15) is 6.33 Å². The predicted octanol–water partition coefficient (Wildman–Crippen LogP) is 2.47. The fourth-order valence-electron chi connectivity index (χ4n) is 1.98. The lowest BCUT2D eigenvalue weighted by atomic mass is 10.1. The summed E-state index contributed by atoms with van der Waals surface area (Å²) in [5.41, 5.74) is 3.05. The number of nitrogens with zero attached hydrogens (tertiary/aromatic N) is 3. The zero-order valence-corrected chi connectivity index (χ0v) is 12.2. The largest absolute Gasteiger partial charge is 0.491 e. The van der Waals surface area contributed by atoms with Crippen molar-refractivity contribution in [1.29, 1.82) is 0 Å². The second kappa shape index (κ2) is 6.84. The smallest absolute Gasteiger partial charge is 0.183 e. The van der Waals surface area contributed by atoms with Crippen LogP contribution in [0.3, 0.4) is 0 Å². The molecule has 1 N–H and O–H groups in total. The molecule has 0 spiro atoms. The van der Waals surface area contributed by atoms with Gasteiger partial charge in [-0.25, -0.2) is 9.97 Å². The highest BCUT2D eigenvalue weighted by molar-refractivity contribution is 5.52. The van der Waals surface area contributed by atoms with Crippen molar-refractivity contribution in [3.63, 3.8) is 0 Å².